The summed E-state index contributed by atoms with van der Waals surface area (Å²) in [5, 5.41) is 11.7. The number of carboxylic acid groups (broad SMARTS) is 1. The van der Waals surface area contributed by atoms with Gasteiger partial charge in [0, 0.05) is 25.8 Å². The molecule has 0 aromatic heterocycles. The van der Waals surface area contributed by atoms with Crippen LogP contribution < -0.4 is 5.32 Å². The third-order valence-electron chi connectivity index (χ3n) is 3.28. The summed E-state index contributed by atoms with van der Waals surface area (Å²) in [6.07, 6.45) is 4.68. The van der Waals surface area contributed by atoms with Crippen molar-refractivity contribution < 1.29 is 19.4 Å². The van der Waals surface area contributed by atoms with Crippen molar-refractivity contribution in [1.29, 1.82) is 0 Å². The van der Waals surface area contributed by atoms with Crippen LogP contribution in [0.5, 0.6) is 0 Å². The molecule has 0 aliphatic heterocycles. The Morgan fingerprint density at radius 3 is 2.63 bits per heavy atom. The van der Waals surface area contributed by atoms with Crippen LogP contribution in [0.1, 0.15) is 39.0 Å². The second kappa shape index (κ2) is 8.74. The molecule has 0 saturated heterocycles. The van der Waals surface area contributed by atoms with Crippen LogP contribution in [0.15, 0.2) is 0 Å². The molecule has 0 unspecified atom stereocenters. The van der Waals surface area contributed by atoms with Crippen molar-refractivity contribution in [2.24, 2.45) is 0 Å². The van der Waals surface area contributed by atoms with Crippen molar-refractivity contribution in [1.82, 2.24) is 10.2 Å². The van der Waals surface area contributed by atoms with Gasteiger partial charge in [-0.2, -0.15) is 0 Å². The van der Waals surface area contributed by atoms with E-state index in [1.54, 1.807) is 0 Å². The zero-order valence-electron chi connectivity index (χ0n) is 11.6. The molecule has 0 heterocycles. The Hall–Kier alpha value is -1.30. The summed E-state index contributed by atoms with van der Waals surface area (Å²) in [4.78, 5) is 24.3. The molecule has 1 saturated carbocycles. The molecular weight excluding hydrogens is 248 g/mol. The smallest absolute Gasteiger partial charge is 0.323 e. The monoisotopic (exact) mass is 272 g/mol. The van der Waals surface area contributed by atoms with E-state index in [2.05, 4.69) is 5.32 Å². The first-order valence-corrected chi connectivity index (χ1v) is 6.99. The number of carbonyl (C=O) groups is 2. The summed E-state index contributed by atoms with van der Waals surface area (Å²) in [5.74, 6) is -0.962. The number of hydrogen-bond acceptors (Lipinski definition) is 3. The number of carbonyl (C=O) groups excluding carboxylic acids is 1. The predicted octanol–water partition coefficient (Wildman–Crippen LogP) is 1.45. The van der Waals surface area contributed by atoms with Gasteiger partial charge in [0.05, 0.1) is 0 Å². The Kier molecular flexibility index (Phi) is 7.25. The first-order chi connectivity index (χ1) is 9.15. The Morgan fingerprint density at radius 2 is 2.05 bits per heavy atom. The van der Waals surface area contributed by atoms with E-state index in [4.69, 9.17) is 9.84 Å². The van der Waals surface area contributed by atoms with Crippen molar-refractivity contribution in [2.75, 3.05) is 26.3 Å². The molecule has 1 aliphatic rings. The summed E-state index contributed by atoms with van der Waals surface area (Å²) in [7, 11) is 0. The number of amides is 2. The van der Waals surface area contributed by atoms with E-state index in [1.807, 2.05) is 6.92 Å². The SMILES string of the molecule is CCOCCCNC(=O)N(CC(=O)O)C1CCCC1. The normalized spacial score (nSPS) is 15.4. The lowest BCUT2D eigenvalue weighted by Crippen LogP contribution is -2.47. The molecule has 0 aromatic carbocycles. The van der Waals surface area contributed by atoms with Crippen LogP contribution in [0, 0.1) is 0 Å². The van der Waals surface area contributed by atoms with Gasteiger partial charge in [-0.25, -0.2) is 4.79 Å². The highest BCUT2D eigenvalue weighted by molar-refractivity contribution is 5.80. The minimum atomic E-state index is -0.962. The van der Waals surface area contributed by atoms with Crippen molar-refractivity contribution in [3.63, 3.8) is 0 Å². The third kappa shape index (κ3) is 5.92. The molecule has 6 nitrogen and oxygen atoms in total. The lowest BCUT2D eigenvalue weighted by molar-refractivity contribution is -0.138. The molecule has 19 heavy (non-hydrogen) atoms. The lowest BCUT2D eigenvalue weighted by atomic mass is 10.2. The Labute approximate surface area is 114 Å². The van der Waals surface area contributed by atoms with E-state index in [9.17, 15) is 9.59 Å². The fourth-order valence-electron chi connectivity index (χ4n) is 2.34. The zero-order valence-corrected chi connectivity index (χ0v) is 11.6. The van der Waals surface area contributed by atoms with Crippen LogP contribution in [-0.4, -0.2) is 54.4 Å². The maximum atomic E-state index is 12.0. The van der Waals surface area contributed by atoms with Gasteiger partial charge < -0.3 is 20.1 Å². The number of aliphatic carboxylic acids is 1. The molecule has 6 heteroatoms. The summed E-state index contributed by atoms with van der Waals surface area (Å²) in [5.41, 5.74) is 0. The number of rotatable bonds is 8. The fourth-order valence-corrected chi connectivity index (χ4v) is 2.34. The van der Waals surface area contributed by atoms with E-state index in [-0.39, 0.29) is 18.6 Å². The van der Waals surface area contributed by atoms with Gasteiger partial charge in [0.15, 0.2) is 0 Å². The highest BCUT2D eigenvalue weighted by atomic mass is 16.5. The van der Waals surface area contributed by atoms with E-state index in [0.29, 0.717) is 19.8 Å². The number of nitrogens with one attached hydrogen (secondary N) is 1. The number of ether oxygens (including phenoxy) is 1. The highest BCUT2D eigenvalue weighted by Gasteiger charge is 2.27. The number of nitrogens with zero attached hydrogens (tertiary/aromatic N) is 1. The Balaban J connectivity index is 2.35. The average molecular weight is 272 g/mol. The minimum absolute atomic E-state index is 0.0722. The molecule has 110 valence electrons. The molecule has 2 N–H and O–H groups in total. The second-order valence-corrected chi connectivity index (χ2v) is 4.74. The van der Waals surface area contributed by atoms with Crippen molar-refractivity contribution in [3.8, 4) is 0 Å². The predicted molar refractivity (Wildman–Crippen MR) is 71.1 cm³/mol. The number of hydrogen-bond donors (Lipinski definition) is 2. The van der Waals surface area contributed by atoms with Gasteiger partial charge in [-0.1, -0.05) is 12.8 Å². The second-order valence-electron chi connectivity index (χ2n) is 4.74. The van der Waals surface area contributed by atoms with E-state index >= 15 is 0 Å². The third-order valence-corrected chi connectivity index (χ3v) is 3.28. The average Bonchev–Trinajstić information content (AvgIpc) is 2.89. The van der Waals surface area contributed by atoms with Crippen LogP contribution in [0.25, 0.3) is 0 Å². The maximum absolute atomic E-state index is 12.0. The van der Waals surface area contributed by atoms with Gasteiger partial charge >= 0.3 is 12.0 Å². The summed E-state index contributed by atoms with van der Waals surface area (Å²) in [6, 6.07) is -0.200. The highest BCUT2D eigenvalue weighted by Crippen LogP contribution is 2.23. The first kappa shape index (κ1) is 15.8. The Bertz CT molecular complexity index is 290. The topological polar surface area (TPSA) is 78.9 Å². The largest absolute Gasteiger partial charge is 0.480 e. The van der Waals surface area contributed by atoms with E-state index < -0.39 is 5.97 Å². The standard InChI is InChI=1S/C13H24N2O4/c1-2-19-9-5-8-14-13(18)15(10-12(16)17)11-6-3-4-7-11/h11H,2-10H2,1H3,(H,14,18)(H,16,17). The molecule has 1 aliphatic carbocycles. The van der Waals surface area contributed by atoms with E-state index in [0.717, 1.165) is 32.1 Å². The van der Waals surface area contributed by atoms with Crippen LogP contribution in [-0.2, 0) is 9.53 Å². The van der Waals surface area contributed by atoms with Crippen molar-refractivity contribution in [3.05, 3.63) is 0 Å². The number of carboxylic acids is 1. The van der Waals surface area contributed by atoms with Gasteiger partial charge in [0.1, 0.15) is 6.54 Å². The minimum Gasteiger partial charge on any atom is -0.480 e. The molecule has 0 aromatic rings. The lowest BCUT2D eigenvalue weighted by Gasteiger charge is -2.27. The molecule has 1 rings (SSSR count). The quantitative estimate of drug-likeness (QED) is 0.655. The van der Waals surface area contributed by atoms with Crippen LogP contribution in [0.3, 0.4) is 0 Å². The molecule has 0 bridgehead atoms. The zero-order chi connectivity index (χ0) is 14.1. The van der Waals surface area contributed by atoms with Gasteiger partial charge in [-0.3, -0.25) is 4.79 Å². The fraction of sp³-hybridized carbons (Fsp3) is 0.846. The van der Waals surface area contributed by atoms with Crippen molar-refractivity contribution >= 4 is 12.0 Å². The summed E-state index contributed by atoms with van der Waals surface area (Å²) < 4.78 is 5.18. The summed E-state index contributed by atoms with van der Waals surface area (Å²) in [6.45, 7) is 3.50. The van der Waals surface area contributed by atoms with Gasteiger partial charge in [0.2, 0.25) is 0 Å². The van der Waals surface area contributed by atoms with Gasteiger partial charge in [-0.15, -0.1) is 0 Å². The molecule has 2 amide bonds. The molecule has 0 atom stereocenters. The maximum Gasteiger partial charge on any atom is 0.323 e. The van der Waals surface area contributed by atoms with Gasteiger partial charge in [0.25, 0.3) is 0 Å². The molecule has 0 spiro atoms. The molecular formula is C13H24N2O4. The number of urea groups is 1. The van der Waals surface area contributed by atoms with E-state index in [1.165, 1.54) is 4.90 Å². The molecule has 0 radical (unpaired) electrons. The Morgan fingerprint density at radius 1 is 1.37 bits per heavy atom. The molecule has 1 fully saturated rings. The summed E-state index contributed by atoms with van der Waals surface area (Å²) >= 11 is 0. The van der Waals surface area contributed by atoms with Crippen LogP contribution >= 0.6 is 0 Å². The first-order valence-electron chi connectivity index (χ1n) is 6.99. The van der Waals surface area contributed by atoms with Gasteiger partial charge in [-0.05, 0) is 26.2 Å². The van der Waals surface area contributed by atoms with Crippen LogP contribution in [0.4, 0.5) is 4.79 Å². The van der Waals surface area contributed by atoms with Crippen molar-refractivity contribution in [2.45, 2.75) is 45.1 Å². The van der Waals surface area contributed by atoms with Crippen LogP contribution in [0.2, 0.25) is 0 Å².